The number of rotatable bonds is 1. The molecule has 0 amide bonds. The molecule has 1 aromatic heterocycles. The first-order valence-electron chi connectivity index (χ1n) is 2.78. The number of aromatic amines is 2. The fourth-order valence-electron chi connectivity index (χ4n) is 0.619. The molecule has 0 atom stereocenters. The molecule has 0 saturated heterocycles. The minimum Gasteiger partial charge on any atom is -0.339 e. The van der Waals surface area contributed by atoms with Gasteiger partial charge in [0.15, 0.2) is 0 Å². The van der Waals surface area contributed by atoms with Gasteiger partial charge in [-0.25, -0.2) is 14.4 Å². The largest absolute Gasteiger partial charge is 0.339 e. The Morgan fingerprint density at radius 1 is 1.18 bits per heavy atom. The monoisotopic (exact) mass is 174 g/mol. The van der Waals surface area contributed by atoms with Gasteiger partial charge in [0.1, 0.15) is 0 Å². The maximum Gasteiger partial charge on any atom is 0.330 e. The molecule has 0 aromatic carbocycles. The molecule has 0 aliphatic carbocycles. The van der Waals surface area contributed by atoms with Crippen LogP contribution >= 0.6 is 0 Å². The van der Waals surface area contributed by atoms with Crippen molar-refractivity contribution >= 4 is 9.84 Å². The normalized spacial score (nSPS) is 11.0. The molecule has 1 heterocycles. The van der Waals surface area contributed by atoms with Crippen molar-refractivity contribution in [2.45, 2.75) is 0 Å². The summed E-state index contributed by atoms with van der Waals surface area (Å²) in [4.78, 5) is 35.7. The summed E-state index contributed by atoms with van der Waals surface area (Å²) in [6.45, 7) is 0. The highest BCUT2D eigenvalue weighted by Gasteiger charge is 1.98. The van der Waals surface area contributed by atoms with Crippen molar-refractivity contribution in [3.63, 3.8) is 0 Å². The van der Waals surface area contributed by atoms with Gasteiger partial charge in [-0.15, -0.1) is 0 Å². The first-order chi connectivity index (χ1) is 5.15. The predicted molar refractivity (Wildman–Crippen MR) is 40.1 cm³/mol. The molecule has 0 spiro atoms. The van der Waals surface area contributed by atoms with E-state index in [0.717, 1.165) is 4.23 Å². The van der Waals surface area contributed by atoms with Gasteiger partial charge in [0.25, 0.3) is 0 Å². The van der Waals surface area contributed by atoms with Crippen LogP contribution in [0.3, 0.4) is 0 Å². The van der Waals surface area contributed by atoms with Gasteiger partial charge in [0, 0.05) is 0 Å². The molecular formula is C3H6N4O3Si. The van der Waals surface area contributed by atoms with Gasteiger partial charge in [0.05, 0.1) is 0 Å². The lowest BCUT2D eigenvalue weighted by atomic mass is 11.0. The fraction of sp³-hybridized carbons (Fsp3) is 0. The van der Waals surface area contributed by atoms with E-state index in [1.807, 2.05) is 9.97 Å². The quantitative estimate of drug-likeness (QED) is 0.377. The van der Waals surface area contributed by atoms with Gasteiger partial charge in [-0.3, -0.25) is 14.2 Å². The zero-order valence-electron chi connectivity index (χ0n) is 5.46. The van der Waals surface area contributed by atoms with Crippen molar-refractivity contribution in [3.05, 3.63) is 31.5 Å². The summed E-state index contributed by atoms with van der Waals surface area (Å²) in [5, 5.41) is 5.16. The molecule has 0 saturated carbocycles. The second kappa shape index (κ2) is 2.68. The van der Waals surface area contributed by atoms with E-state index < -0.39 is 26.9 Å². The van der Waals surface area contributed by atoms with E-state index in [4.69, 9.17) is 5.40 Å². The van der Waals surface area contributed by atoms with E-state index in [9.17, 15) is 14.4 Å². The molecule has 0 bridgehead atoms. The van der Waals surface area contributed by atoms with Crippen LogP contribution in [-0.2, 0) is 0 Å². The third-order valence-electron chi connectivity index (χ3n) is 1.11. The molecule has 60 valence electrons. The second-order valence-electron chi connectivity index (χ2n) is 1.80. The van der Waals surface area contributed by atoms with Crippen LogP contribution in [0.5, 0.6) is 0 Å². The Balaban J connectivity index is 3.63. The molecule has 4 N–H and O–H groups in total. The van der Waals surface area contributed by atoms with Gasteiger partial charge in [0.2, 0.25) is 9.84 Å². The van der Waals surface area contributed by atoms with E-state index >= 15 is 0 Å². The zero-order valence-corrected chi connectivity index (χ0v) is 6.87. The van der Waals surface area contributed by atoms with Crippen molar-refractivity contribution in [1.82, 2.24) is 14.2 Å². The Labute approximate surface area is 61.9 Å². The Morgan fingerprint density at radius 3 is 2.00 bits per heavy atom. The lowest BCUT2D eigenvalue weighted by Crippen LogP contribution is -2.47. The van der Waals surface area contributed by atoms with Crippen LogP contribution < -0.4 is 22.5 Å². The summed E-state index contributed by atoms with van der Waals surface area (Å²) >= 11 is 0. The molecule has 11 heavy (non-hydrogen) atoms. The molecule has 0 aliphatic rings. The summed E-state index contributed by atoms with van der Waals surface area (Å²) < 4.78 is 0.807. The summed E-state index contributed by atoms with van der Waals surface area (Å²) in [6.07, 6.45) is 0. The highest BCUT2D eigenvalue weighted by molar-refractivity contribution is 6.28. The number of nitrogens with zero attached hydrogens (tertiary/aromatic N) is 1. The van der Waals surface area contributed by atoms with Crippen molar-refractivity contribution in [3.8, 4) is 0 Å². The Kier molecular flexibility index (Phi) is 1.87. The predicted octanol–water partition coefficient (Wildman–Crippen LogP) is -3.97. The number of aromatic nitrogens is 3. The Morgan fingerprint density at radius 2 is 1.64 bits per heavy atom. The Hall–Kier alpha value is -1.41. The highest BCUT2D eigenvalue weighted by atomic mass is 28.2. The topological polar surface area (TPSA) is 114 Å². The molecule has 0 unspecified atom stereocenters. The first-order valence-corrected chi connectivity index (χ1v) is 4.23. The van der Waals surface area contributed by atoms with Crippen LogP contribution in [-0.4, -0.2) is 24.0 Å². The molecule has 0 radical (unpaired) electrons. The van der Waals surface area contributed by atoms with Crippen molar-refractivity contribution in [2.75, 3.05) is 0 Å². The van der Waals surface area contributed by atoms with E-state index in [1.54, 1.807) is 0 Å². The summed E-state index contributed by atoms with van der Waals surface area (Å²) in [5.41, 5.74) is -2.29. The van der Waals surface area contributed by atoms with Crippen molar-refractivity contribution in [2.24, 2.45) is 5.40 Å². The minimum atomic E-state index is -1.39. The summed E-state index contributed by atoms with van der Waals surface area (Å²) in [5.74, 6) is 0. The summed E-state index contributed by atoms with van der Waals surface area (Å²) in [7, 11) is -1.39. The molecule has 7 nitrogen and oxygen atoms in total. The number of hydrogen-bond donors (Lipinski definition) is 3. The lowest BCUT2D eigenvalue weighted by Gasteiger charge is -1.94. The van der Waals surface area contributed by atoms with Crippen LogP contribution in [0.2, 0.25) is 0 Å². The van der Waals surface area contributed by atoms with Crippen LogP contribution in [0.25, 0.3) is 0 Å². The highest BCUT2D eigenvalue weighted by Crippen LogP contribution is 1.45. The van der Waals surface area contributed by atoms with Crippen LogP contribution in [0.4, 0.5) is 0 Å². The Bertz CT molecular complexity index is 379. The smallest absolute Gasteiger partial charge is 0.330 e. The van der Waals surface area contributed by atoms with Crippen molar-refractivity contribution < 1.29 is 0 Å². The SMILES string of the molecule is N[SiH2]n1c(=O)[nH]c(=O)[nH]c1=O. The van der Waals surface area contributed by atoms with Gasteiger partial charge in [-0.1, -0.05) is 0 Å². The van der Waals surface area contributed by atoms with E-state index in [1.165, 1.54) is 0 Å². The second-order valence-corrected chi connectivity index (χ2v) is 2.80. The third-order valence-corrected chi connectivity index (χ3v) is 2.05. The third kappa shape index (κ3) is 1.35. The maximum absolute atomic E-state index is 10.7. The summed E-state index contributed by atoms with van der Waals surface area (Å²) in [6, 6.07) is 0. The van der Waals surface area contributed by atoms with Crippen LogP contribution in [0.1, 0.15) is 0 Å². The van der Waals surface area contributed by atoms with Gasteiger partial charge in [-0.05, 0) is 0 Å². The van der Waals surface area contributed by atoms with Gasteiger partial charge >= 0.3 is 17.1 Å². The standard InChI is InChI=1S/C3H6N4O3Si/c4-11-7-2(9)5-1(8)6-3(7)10/h4,11H2,(H2,5,6,8,9,10). The average Bonchev–Trinajstić information content (AvgIpc) is 1.85. The number of nitrogens with two attached hydrogens (primary N) is 1. The fourth-order valence-corrected chi connectivity index (χ4v) is 1.11. The molecule has 1 aromatic rings. The molecule has 0 aliphatic heterocycles. The number of H-pyrrole nitrogens is 2. The maximum atomic E-state index is 10.7. The minimum absolute atomic E-state index is 0.743. The van der Waals surface area contributed by atoms with E-state index in [2.05, 4.69) is 0 Å². The average molecular weight is 174 g/mol. The van der Waals surface area contributed by atoms with E-state index in [0.29, 0.717) is 0 Å². The molecule has 0 fully saturated rings. The van der Waals surface area contributed by atoms with Crippen molar-refractivity contribution in [1.29, 1.82) is 0 Å². The number of hydrogen-bond acceptors (Lipinski definition) is 4. The molecule has 8 heteroatoms. The zero-order chi connectivity index (χ0) is 8.43. The first kappa shape index (κ1) is 7.69. The van der Waals surface area contributed by atoms with Gasteiger partial charge in [-0.2, -0.15) is 0 Å². The van der Waals surface area contributed by atoms with E-state index in [-0.39, 0.29) is 0 Å². The molecule has 1 rings (SSSR count). The van der Waals surface area contributed by atoms with Gasteiger partial charge < -0.3 is 5.40 Å². The van der Waals surface area contributed by atoms with Crippen LogP contribution in [0.15, 0.2) is 14.4 Å². The lowest BCUT2D eigenvalue weighted by molar-refractivity contribution is 0.833. The number of nitrogens with one attached hydrogen (secondary N) is 2. The van der Waals surface area contributed by atoms with Crippen LogP contribution in [0, 0.1) is 0 Å². The molecular weight excluding hydrogens is 168 g/mol.